The molecule has 2 aliphatic rings. The summed E-state index contributed by atoms with van der Waals surface area (Å²) in [5, 5.41) is 2.84. The van der Waals surface area contributed by atoms with Gasteiger partial charge in [0.25, 0.3) is 5.91 Å². The molecule has 0 atom stereocenters. The second-order valence-corrected chi connectivity index (χ2v) is 7.17. The van der Waals surface area contributed by atoms with E-state index in [9.17, 15) is 9.59 Å². The average molecular weight is 380 g/mol. The molecule has 0 aromatic heterocycles. The topological polar surface area (TPSA) is 67.9 Å². The first-order chi connectivity index (χ1) is 13.7. The molecule has 1 saturated heterocycles. The Balaban J connectivity index is 1.24. The van der Waals surface area contributed by atoms with Gasteiger partial charge in [-0.3, -0.25) is 9.59 Å². The van der Waals surface area contributed by atoms with E-state index in [1.807, 2.05) is 47.4 Å². The number of nitrogens with one attached hydrogen (secondary N) is 1. The number of amides is 2. The quantitative estimate of drug-likeness (QED) is 0.866. The number of benzene rings is 2. The fraction of sp³-hybridized carbons (Fsp3) is 0.364. The van der Waals surface area contributed by atoms with Crippen LogP contribution in [0.2, 0.25) is 0 Å². The van der Waals surface area contributed by atoms with Gasteiger partial charge in [-0.1, -0.05) is 18.2 Å². The number of hydrogen-bond donors (Lipinski definition) is 1. The van der Waals surface area contributed by atoms with Gasteiger partial charge in [-0.05, 0) is 42.3 Å². The van der Waals surface area contributed by atoms with Crippen molar-refractivity contribution in [2.24, 2.45) is 0 Å². The lowest BCUT2D eigenvalue weighted by molar-refractivity contribution is -0.135. The zero-order valence-corrected chi connectivity index (χ0v) is 15.7. The van der Waals surface area contributed by atoms with Crippen LogP contribution in [0.4, 0.5) is 5.69 Å². The van der Waals surface area contributed by atoms with E-state index in [1.165, 1.54) is 0 Å². The third kappa shape index (κ3) is 4.44. The number of fused-ring (bicyclic) bond motifs is 1. The second-order valence-electron chi connectivity index (χ2n) is 7.17. The number of hydrogen-bond acceptors (Lipinski definition) is 4. The second kappa shape index (κ2) is 8.33. The van der Waals surface area contributed by atoms with Crippen molar-refractivity contribution in [3.8, 4) is 11.5 Å². The number of carbonyl (C=O) groups excluding carboxylic acids is 2. The lowest BCUT2D eigenvalue weighted by Crippen LogP contribution is -2.43. The lowest BCUT2D eigenvalue weighted by Gasteiger charge is -2.32. The average Bonchev–Trinajstić information content (AvgIpc) is 2.73. The molecule has 0 spiro atoms. The van der Waals surface area contributed by atoms with Gasteiger partial charge in [0.2, 0.25) is 5.91 Å². The van der Waals surface area contributed by atoms with Crippen LogP contribution in [0.5, 0.6) is 11.5 Å². The Morgan fingerprint density at radius 2 is 1.82 bits per heavy atom. The molecule has 6 heteroatoms. The predicted octanol–water partition coefficient (Wildman–Crippen LogP) is 3.02. The Kier molecular flexibility index (Phi) is 5.46. The number of carbonyl (C=O) groups is 2. The van der Waals surface area contributed by atoms with Gasteiger partial charge in [0.05, 0.1) is 0 Å². The Morgan fingerprint density at radius 3 is 2.61 bits per heavy atom. The van der Waals surface area contributed by atoms with Crippen molar-refractivity contribution in [1.82, 2.24) is 4.90 Å². The van der Waals surface area contributed by atoms with Crippen LogP contribution in [-0.2, 0) is 16.0 Å². The zero-order chi connectivity index (χ0) is 19.3. The molecule has 2 aromatic rings. The molecular weight excluding hydrogens is 356 g/mol. The van der Waals surface area contributed by atoms with E-state index < -0.39 is 0 Å². The molecule has 1 fully saturated rings. The largest absolute Gasteiger partial charge is 0.490 e. The number of nitrogens with zero attached hydrogens (tertiary/aromatic N) is 1. The van der Waals surface area contributed by atoms with E-state index in [1.54, 1.807) is 6.07 Å². The lowest BCUT2D eigenvalue weighted by atomic mass is 10.0. The van der Waals surface area contributed by atoms with Crippen molar-refractivity contribution in [3.05, 3.63) is 54.1 Å². The molecule has 1 N–H and O–H groups in total. The number of rotatable bonds is 5. The van der Waals surface area contributed by atoms with Gasteiger partial charge in [-0.25, -0.2) is 0 Å². The molecule has 6 nitrogen and oxygen atoms in total. The van der Waals surface area contributed by atoms with Gasteiger partial charge in [-0.2, -0.15) is 0 Å². The minimum atomic E-state index is -0.0100. The van der Waals surface area contributed by atoms with Gasteiger partial charge < -0.3 is 19.7 Å². The summed E-state index contributed by atoms with van der Waals surface area (Å²) in [6, 6.07) is 15.3. The molecule has 28 heavy (non-hydrogen) atoms. The smallest absolute Gasteiger partial charge is 0.260 e. The maximum Gasteiger partial charge on any atom is 0.260 e. The maximum absolute atomic E-state index is 12.5. The first kappa shape index (κ1) is 18.3. The third-order valence-corrected chi connectivity index (χ3v) is 5.18. The Hall–Kier alpha value is -3.02. The Labute approximate surface area is 164 Å². The number of likely N-dealkylation sites (tertiary alicyclic amines) is 1. The van der Waals surface area contributed by atoms with Gasteiger partial charge in [-0.15, -0.1) is 0 Å². The molecule has 0 unspecified atom stereocenters. The first-order valence-corrected chi connectivity index (χ1v) is 9.72. The fourth-order valence-corrected chi connectivity index (χ4v) is 3.60. The highest BCUT2D eigenvalue weighted by atomic mass is 16.5. The van der Waals surface area contributed by atoms with Crippen LogP contribution in [0.25, 0.3) is 0 Å². The van der Waals surface area contributed by atoms with Crippen LogP contribution >= 0.6 is 0 Å². The highest BCUT2D eigenvalue weighted by Crippen LogP contribution is 2.27. The van der Waals surface area contributed by atoms with Gasteiger partial charge in [0.1, 0.15) is 17.6 Å². The number of piperidine rings is 1. The molecule has 2 aromatic carbocycles. The van der Waals surface area contributed by atoms with Crippen LogP contribution in [0.15, 0.2) is 48.5 Å². The fourth-order valence-electron chi connectivity index (χ4n) is 3.60. The van der Waals surface area contributed by atoms with Gasteiger partial charge in [0.15, 0.2) is 6.61 Å². The zero-order valence-electron chi connectivity index (χ0n) is 15.7. The molecule has 0 radical (unpaired) electrons. The van der Waals surface area contributed by atoms with Crippen molar-refractivity contribution in [3.63, 3.8) is 0 Å². The number of ether oxygens (including phenoxy) is 2. The standard InChI is InChI=1S/C22H24N2O4/c25-21-9-6-16-14-19(7-8-20(16)23-21)27-15-22(26)24-12-10-18(11-13-24)28-17-4-2-1-3-5-17/h1-5,7-8,14,18H,6,9-13,15H2,(H,23,25). The summed E-state index contributed by atoms with van der Waals surface area (Å²) in [5.41, 5.74) is 1.87. The van der Waals surface area contributed by atoms with Crippen molar-refractivity contribution in [1.29, 1.82) is 0 Å². The van der Waals surface area contributed by atoms with E-state index in [0.717, 1.165) is 29.8 Å². The van der Waals surface area contributed by atoms with E-state index in [2.05, 4.69) is 5.32 Å². The molecule has 2 heterocycles. The van der Waals surface area contributed by atoms with Crippen molar-refractivity contribution >= 4 is 17.5 Å². The minimum absolute atomic E-state index is 0.0100. The van der Waals surface area contributed by atoms with Crippen LogP contribution in [0.3, 0.4) is 0 Å². The van der Waals surface area contributed by atoms with E-state index >= 15 is 0 Å². The van der Waals surface area contributed by atoms with E-state index in [0.29, 0.717) is 31.7 Å². The van der Waals surface area contributed by atoms with Crippen molar-refractivity contribution < 1.29 is 19.1 Å². The SMILES string of the molecule is O=C1CCc2cc(OCC(=O)N3CCC(Oc4ccccc4)CC3)ccc2N1. The molecule has 0 bridgehead atoms. The van der Waals surface area contributed by atoms with E-state index in [-0.39, 0.29) is 24.5 Å². The van der Waals surface area contributed by atoms with Crippen molar-refractivity contribution in [2.75, 3.05) is 25.0 Å². The number of aryl methyl sites for hydroxylation is 1. The summed E-state index contributed by atoms with van der Waals surface area (Å²) < 4.78 is 11.7. The maximum atomic E-state index is 12.5. The van der Waals surface area contributed by atoms with Crippen molar-refractivity contribution in [2.45, 2.75) is 31.8 Å². The predicted molar refractivity (Wildman–Crippen MR) is 106 cm³/mol. The summed E-state index contributed by atoms with van der Waals surface area (Å²) >= 11 is 0. The summed E-state index contributed by atoms with van der Waals surface area (Å²) in [7, 11) is 0. The van der Waals surface area contributed by atoms with E-state index in [4.69, 9.17) is 9.47 Å². The molecule has 0 saturated carbocycles. The molecule has 0 aliphatic carbocycles. The first-order valence-electron chi connectivity index (χ1n) is 9.72. The molecule has 146 valence electrons. The molecule has 2 amide bonds. The number of para-hydroxylation sites is 1. The molecular formula is C22H24N2O4. The molecule has 4 rings (SSSR count). The van der Waals surface area contributed by atoms with Crippen LogP contribution < -0.4 is 14.8 Å². The van der Waals surface area contributed by atoms with Gasteiger partial charge in [0, 0.05) is 38.0 Å². The molecule has 2 aliphatic heterocycles. The Bertz CT molecular complexity index is 845. The summed E-state index contributed by atoms with van der Waals surface area (Å²) in [6.07, 6.45) is 2.96. The van der Waals surface area contributed by atoms with Crippen LogP contribution in [-0.4, -0.2) is 42.5 Å². The normalized spacial score (nSPS) is 16.9. The van der Waals surface area contributed by atoms with Crippen LogP contribution in [0.1, 0.15) is 24.8 Å². The highest BCUT2D eigenvalue weighted by molar-refractivity contribution is 5.94. The van der Waals surface area contributed by atoms with Gasteiger partial charge >= 0.3 is 0 Å². The minimum Gasteiger partial charge on any atom is -0.490 e. The summed E-state index contributed by atoms with van der Waals surface area (Å²) in [6.45, 7) is 1.38. The monoisotopic (exact) mass is 380 g/mol. The summed E-state index contributed by atoms with van der Waals surface area (Å²) in [5.74, 6) is 1.56. The number of anilines is 1. The summed E-state index contributed by atoms with van der Waals surface area (Å²) in [4.78, 5) is 25.7. The third-order valence-electron chi connectivity index (χ3n) is 5.18. The Morgan fingerprint density at radius 1 is 1.04 bits per heavy atom. The van der Waals surface area contributed by atoms with Crippen LogP contribution in [0, 0.1) is 0 Å². The highest BCUT2D eigenvalue weighted by Gasteiger charge is 2.24.